The smallest absolute Gasteiger partial charge is 0.416 e. The third-order valence-corrected chi connectivity index (χ3v) is 7.28. The van der Waals surface area contributed by atoms with Crippen LogP contribution < -0.4 is 15.4 Å². The molecule has 12 heteroatoms. The van der Waals surface area contributed by atoms with Crippen molar-refractivity contribution in [2.45, 2.75) is 38.7 Å². The number of hydrogen-bond donors (Lipinski definition) is 2. The highest BCUT2D eigenvalue weighted by atomic mass is 19.4. The molecule has 0 saturated heterocycles. The first-order valence-corrected chi connectivity index (χ1v) is 13.1. The Labute approximate surface area is 239 Å². The number of nitrogens with zero attached hydrogens (tertiary/aromatic N) is 3. The predicted molar refractivity (Wildman–Crippen MR) is 149 cm³/mol. The number of methoxy groups -OCH3 is 1. The fraction of sp³-hybridized carbons (Fsp3) is 0.267. The maximum Gasteiger partial charge on any atom is 0.416 e. The highest BCUT2D eigenvalue weighted by Crippen LogP contribution is 2.38. The van der Waals surface area contributed by atoms with E-state index in [1.807, 2.05) is 19.2 Å². The molecule has 0 unspecified atom stereocenters. The van der Waals surface area contributed by atoms with Crippen molar-refractivity contribution in [1.82, 2.24) is 25.1 Å². The fourth-order valence-corrected chi connectivity index (χ4v) is 5.15. The van der Waals surface area contributed by atoms with E-state index in [9.17, 15) is 27.6 Å². The number of carbonyl (C=O) groups excluding carboxylic acids is 3. The molecule has 0 radical (unpaired) electrons. The van der Waals surface area contributed by atoms with Gasteiger partial charge in [0.25, 0.3) is 5.91 Å². The van der Waals surface area contributed by atoms with Gasteiger partial charge in [0.05, 0.1) is 36.1 Å². The van der Waals surface area contributed by atoms with Gasteiger partial charge in [0, 0.05) is 30.3 Å². The Hall–Kier alpha value is -4.87. The maximum absolute atomic E-state index is 13.8. The molecule has 0 spiro atoms. The Kier molecular flexibility index (Phi) is 7.63. The van der Waals surface area contributed by atoms with E-state index in [1.165, 1.54) is 13.4 Å². The first-order valence-electron chi connectivity index (χ1n) is 13.1. The highest BCUT2D eigenvalue weighted by molar-refractivity contribution is 5.99. The molecule has 9 nitrogen and oxygen atoms in total. The van der Waals surface area contributed by atoms with Crippen LogP contribution in [0.3, 0.4) is 0 Å². The Morgan fingerprint density at radius 1 is 1.10 bits per heavy atom. The van der Waals surface area contributed by atoms with Crippen LogP contribution in [-0.2, 0) is 17.5 Å². The summed E-state index contributed by atoms with van der Waals surface area (Å²) in [6, 6.07) is 12.4. The molecule has 0 bridgehead atoms. The van der Waals surface area contributed by atoms with Gasteiger partial charge < -0.3 is 19.5 Å². The summed E-state index contributed by atoms with van der Waals surface area (Å²) >= 11 is 0. The molecule has 1 aliphatic heterocycles. The molecule has 1 aliphatic rings. The van der Waals surface area contributed by atoms with Gasteiger partial charge in [0.2, 0.25) is 6.41 Å². The Morgan fingerprint density at radius 2 is 1.83 bits per heavy atom. The van der Waals surface area contributed by atoms with Crippen LogP contribution in [-0.4, -0.2) is 46.5 Å². The number of ether oxygens (including phenoxy) is 1. The van der Waals surface area contributed by atoms with Crippen molar-refractivity contribution in [2.75, 3.05) is 13.7 Å². The number of alkyl halides is 3. The van der Waals surface area contributed by atoms with Gasteiger partial charge in [0.15, 0.2) is 0 Å². The van der Waals surface area contributed by atoms with E-state index in [2.05, 4.69) is 10.3 Å². The second-order valence-corrected chi connectivity index (χ2v) is 10.3. The number of urea groups is 1. The second-order valence-electron chi connectivity index (χ2n) is 10.3. The lowest BCUT2D eigenvalue weighted by Gasteiger charge is -2.25. The third-order valence-electron chi connectivity index (χ3n) is 7.28. The Morgan fingerprint density at radius 3 is 2.48 bits per heavy atom. The predicted octanol–water partition coefficient (Wildman–Crippen LogP) is 5.46. The zero-order valence-electron chi connectivity index (χ0n) is 23.0. The number of imide groups is 1. The summed E-state index contributed by atoms with van der Waals surface area (Å²) in [5.41, 5.74) is 2.71. The highest BCUT2D eigenvalue weighted by Gasteiger charge is 2.33. The van der Waals surface area contributed by atoms with E-state index in [0.29, 0.717) is 45.6 Å². The van der Waals surface area contributed by atoms with Crippen molar-refractivity contribution in [3.63, 3.8) is 0 Å². The van der Waals surface area contributed by atoms with Gasteiger partial charge in [-0.15, -0.1) is 0 Å². The summed E-state index contributed by atoms with van der Waals surface area (Å²) in [5, 5.41) is 4.74. The number of rotatable bonds is 8. The van der Waals surface area contributed by atoms with Crippen LogP contribution >= 0.6 is 0 Å². The number of benzene rings is 3. The summed E-state index contributed by atoms with van der Waals surface area (Å²) in [6.07, 6.45) is -2.78. The van der Waals surface area contributed by atoms with Gasteiger partial charge >= 0.3 is 12.2 Å². The topological polar surface area (TPSA) is 106 Å². The van der Waals surface area contributed by atoms with Crippen LogP contribution in [0.2, 0.25) is 0 Å². The van der Waals surface area contributed by atoms with Crippen LogP contribution in [0.5, 0.6) is 5.75 Å². The normalized spacial score (nSPS) is 13.8. The second kappa shape index (κ2) is 11.2. The van der Waals surface area contributed by atoms with E-state index in [1.54, 1.807) is 51.9 Å². The molecule has 42 heavy (non-hydrogen) atoms. The molecule has 5 rings (SSSR count). The van der Waals surface area contributed by atoms with Crippen molar-refractivity contribution in [3.8, 4) is 16.9 Å². The quantitative estimate of drug-likeness (QED) is 0.270. The van der Waals surface area contributed by atoms with Gasteiger partial charge in [0.1, 0.15) is 5.75 Å². The Balaban J connectivity index is 1.48. The molecular weight excluding hydrogens is 551 g/mol. The molecule has 4 aromatic rings. The van der Waals surface area contributed by atoms with Gasteiger partial charge in [-0.25, -0.2) is 9.78 Å². The number of carbonyl (C=O) groups is 3. The van der Waals surface area contributed by atoms with E-state index in [4.69, 9.17) is 4.74 Å². The summed E-state index contributed by atoms with van der Waals surface area (Å²) in [5.74, 6) is 0.303. The lowest BCUT2D eigenvalue weighted by Crippen LogP contribution is -2.42. The molecule has 3 aromatic carbocycles. The van der Waals surface area contributed by atoms with Crippen molar-refractivity contribution < 1.29 is 32.3 Å². The number of amides is 4. The van der Waals surface area contributed by atoms with Crippen molar-refractivity contribution in [3.05, 3.63) is 83.2 Å². The van der Waals surface area contributed by atoms with E-state index in [-0.39, 0.29) is 24.9 Å². The fourth-order valence-electron chi connectivity index (χ4n) is 5.15. The monoisotopic (exact) mass is 579 g/mol. The average molecular weight is 580 g/mol. The number of hydrogen-bond acceptors (Lipinski definition) is 5. The first kappa shape index (κ1) is 28.7. The SMILES string of the molecule is COc1ccc2c(c1)C(=O)N(C[C@H](NC(=O)NC=O)c1ccc(-c3cc(C(F)(F)F)cc4c3ncn4C(C)C)cc1)C2. The minimum Gasteiger partial charge on any atom is -0.497 e. The first-order chi connectivity index (χ1) is 20.0. The number of nitrogens with one attached hydrogen (secondary N) is 2. The van der Waals surface area contributed by atoms with E-state index < -0.39 is 23.8 Å². The molecule has 0 fully saturated rings. The molecule has 2 N–H and O–H groups in total. The maximum atomic E-state index is 13.8. The van der Waals surface area contributed by atoms with Crippen molar-refractivity contribution in [1.29, 1.82) is 0 Å². The van der Waals surface area contributed by atoms with Gasteiger partial charge in [-0.1, -0.05) is 30.3 Å². The molecule has 1 atom stereocenters. The standard InChI is InChI=1S/C30H28F3N5O4/c1-17(2)38-15-34-27-23(10-21(11-26(27)38)30(31,32)33)18-4-6-19(7-5-18)25(36-29(41)35-16-39)14-37-13-20-8-9-22(42-3)12-24(20)28(37)40/h4-12,15-17,25H,13-14H2,1-3H3,(H2,35,36,39,41)/t25-/m0/s1. The summed E-state index contributed by atoms with van der Waals surface area (Å²) in [7, 11) is 1.51. The minimum absolute atomic E-state index is 0.0774. The summed E-state index contributed by atoms with van der Waals surface area (Å²) < 4.78 is 48.4. The number of aromatic nitrogens is 2. The lowest BCUT2D eigenvalue weighted by molar-refractivity contribution is -0.137. The lowest BCUT2D eigenvalue weighted by atomic mass is 9.97. The van der Waals surface area contributed by atoms with E-state index in [0.717, 1.165) is 17.7 Å². The van der Waals surface area contributed by atoms with Gasteiger partial charge in [-0.05, 0) is 54.8 Å². The van der Waals surface area contributed by atoms with Crippen LogP contribution in [0.1, 0.15) is 53.0 Å². The van der Waals surface area contributed by atoms with Crippen molar-refractivity contribution in [2.24, 2.45) is 0 Å². The summed E-state index contributed by atoms with van der Waals surface area (Å²) in [6.45, 7) is 4.12. The zero-order chi connectivity index (χ0) is 30.2. The molecule has 0 saturated carbocycles. The zero-order valence-corrected chi connectivity index (χ0v) is 23.0. The minimum atomic E-state index is -4.56. The van der Waals surface area contributed by atoms with Crippen LogP contribution in [0.4, 0.5) is 18.0 Å². The molecule has 1 aromatic heterocycles. The van der Waals surface area contributed by atoms with E-state index >= 15 is 0 Å². The molecule has 218 valence electrons. The Bertz CT molecular complexity index is 1660. The van der Waals surface area contributed by atoms with Crippen LogP contribution in [0.15, 0.2) is 60.9 Å². The number of imidazole rings is 1. The third kappa shape index (κ3) is 5.52. The largest absolute Gasteiger partial charge is 0.497 e. The van der Waals surface area contributed by atoms with Gasteiger partial charge in [-0.3, -0.25) is 14.9 Å². The van der Waals surface area contributed by atoms with Crippen molar-refractivity contribution >= 4 is 29.4 Å². The molecule has 0 aliphatic carbocycles. The summed E-state index contributed by atoms with van der Waals surface area (Å²) in [4.78, 5) is 42.3. The number of fused-ring (bicyclic) bond motifs is 2. The van der Waals surface area contributed by atoms with Crippen LogP contribution in [0, 0.1) is 0 Å². The van der Waals surface area contributed by atoms with Gasteiger partial charge in [-0.2, -0.15) is 13.2 Å². The average Bonchev–Trinajstić information content (AvgIpc) is 3.53. The molecule has 2 heterocycles. The molecule has 4 amide bonds. The number of halogens is 3. The van der Waals surface area contributed by atoms with Crippen LogP contribution in [0.25, 0.3) is 22.2 Å². The molecular formula is C30H28F3N5O4.